The number of aryl methyl sites for hydroxylation is 1. The Morgan fingerprint density at radius 2 is 1.67 bits per heavy atom. The fourth-order valence-electron chi connectivity index (χ4n) is 4.97. The molecular weight excluding hydrogens is 597 g/mol. The van der Waals surface area contributed by atoms with Crippen LogP contribution in [0.5, 0.6) is 5.75 Å². The Balaban J connectivity index is 0.00000294. The Labute approximate surface area is 268 Å². The zero-order valence-corrected chi connectivity index (χ0v) is 27.4. The maximum absolute atomic E-state index is 13.1. The number of hydrogen-bond acceptors (Lipinski definition) is 6. The summed E-state index contributed by atoms with van der Waals surface area (Å²) in [4.78, 5) is 40.4. The van der Waals surface area contributed by atoms with Gasteiger partial charge in [-0.05, 0) is 81.5 Å². The number of carbonyl (C=O) groups is 2. The molecule has 0 radical (unpaired) electrons. The Morgan fingerprint density at radius 1 is 0.929 bits per heavy atom. The van der Waals surface area contributed by atoms with Gasteiger partial charge in [0.1, 0.15) is 11.2 Å². The third-order valence-corrected chi connectivity index (χ3v) is 7.39. The van der Waals surface area contributed by atoms with Gasteiger partial charge in [0, 0.05) is 64.1 Å². The van der Waals surface area contributed by atoms with E-state index in [9.17, 15) is 9.59 Å². The molecule has 0 saturated carbocycles. The molecule has 0 N–H and O–H groups in total. The van der Waals surface area contributed by atoms with E-state index in [0.717, 1.165) is 38.2 Å². The van der Waals surface area contributed by atoms with Crippen LogP contribution in [0, 0.1) is 12.3 Å². The molecule has 1 aromatic carbocycles. The lowest BCUT2D eigenvalue weighted by Gasteiger charge is -2.27. The molecule has 0 aliphatic carbocycles. The molecule has 11 heteroatoms. The molecule has 0 bridgehead atoms. The highest BCUT2D eigenvalue weighted by atomic mass is 35.5. The average Bonchev–Trinajstić information content (AvgIpc) is 2.99. The number of aromatic nitrogens is 2. The maximum Gasteiger partial charge on any atom is 0.242 e. The molecule has 8 nitrogen and oxygen atoms in total. The third-order valence-electron chi connectivity index (χ3n) is 7.39. The summed E-state index contributed by atoms with van der Waals surface area (Å²) in [5.74, 6) is 0.270. The van der Waals surface area contributed by atoms with Crippen LogP contribution in [-0.4, -0.2) is 60.0 Å². The molecule has 1 aliphatic rings. The van der Waals surface area contributed by atoms with Crippen molar-refractivity contribution in [3.8, 4) is 5.75 Å². The van der Waals surface area contributed by atoms with Crippen molar-refractivity contribution in [2.75, 3.05) is 43.1 Å². The first-order chi connectivity index (χ1) is 18.7. The molecule has 3 heterocycles. The van der Waals surface area contributed by atoms with Gasteiger partial charge in [-0.15, -0.1) is 37.2 Å². The van der Waals surface area contributed by atoms with Crippen LogP contribution in [0.2, 0.25) is 0 Å². The predicted molar refractivity (Wildman–Crippen MR) is 176 cm³/mol. The van der Waals surface area contributed by atoms with Gasteiger partial charge in [0.2, 0.25) is 11.8 Å². The van der Waals surface area contributed by atoms with E-state index < -0.39 is 5.41 Å². The molecule has 230 valence electrons. The standard InChI is InChI=1S/C31H39N5O3.3ClH/c1-6-36-27-11-10-26(19-28(27)34(5)29(37)31(3,4)30(36)38)39-18-8-16-35(17-13-24-9-7-14-32-21-24)22-25-12-15-33-20-23(25)2;;;/h7,9-12,14-15,19-21H,6,8,13,16-18,22H2,1-5H3;3*1H. The topological polar surface area (TPSA) is 78.9 Å². The molecule has 0 atom stereocenters. The van der Waals surface area contributed by atoms with E-state index in [4.69, 9.17) is 4.74 Å². The minimum atomic E-state index is -1.13. The molecule has 1 aliphatic heterocycles. The zero-order chi connectivity index (χ0) is 28.0. The molecule has 3 aromatic rings. The molecule has 2 aromatic heterocycles. The van der Waals surface area contributed by atoms with Gasteiger partial charge in [0.25, 0.3) is 0 Å². The monoisotopic (exact) mass is 637 g/mol. The molecule has 4 rings (SSSR count). The van der Waals surface area contributed by atoms with E-state index in [1.807, 2.05) is 49.8 Å². The summed E-state index contributed by atoms with van der Waals surface area (Å²) < 4.78 is 6.14. The van der Waals surface area contributed by atoms with E-state index in [-0.39, 0.29) is 49.0 Å². The number of rotatable bonds is 11. The number of amides is 2. The lowest BCUT2D eigenvalue weighted by molar-refractivity contribution is -0.137. The maximum atomic E-state index is 13.1. The van der Waals surface area contributed by atoms with E-state index in [1.54, 1.807) is 36.9 Å². The van der Waals surface area contributed by atoms with Gasteiger partial charge in [-0.3, -0.25) is 24.5 Å². The largest absolute Gasteiger partial charge is 0.493 e. The quantitative estimate of drug-likeness (QED) is 0.192. The van der Waals surface area contributed by atoms with E-state index in [0.29, 0.717) is 24.6 Å². The van der Waals surface area contributed by atoms with Gasteiger partial charge in [0.05, 0.1) is 18.0 Å². The Hall–Kier alpha value is -2.91. The van der Waals surface area contributed by atoms with Gasteiger partial charge in [-0.2, -0.15) is 0 Å². The number of hydrogen-bond donors (Lipinski definition) is 0. The number of pyridine rings is 2. The molecule has 0 fully saturated rings. The first kappa shape index (κ1) is 37.1. The number of anilines is 2. The van der Waals surface area contributed by atoms with E-state index >= 15 is 0 Å². The van der Waals surface area contributed by atoms with Crippen molar-refractivity contribution in [2.24, 2.45) is 5.41 Å². The van der Waals surface area contributed by atoms with Gasteiger partial charge in [-0.1, -0.05) is 6.07 Å². The average molecular weight is 639 g/mol. The van der Waals surface area contributed by atoms with Crippen LogP contribution < -0.4 is 14.5 Å². The number of halogens is 3. The molecule has 0 spiro atoms. The molecule has 42 heavy (non-hydrogen) atoms. The second-order valence-electron chi connectivity index (χ2n) is 10.6. The first-order valence-electron chi connectivity index (χ1n) is 13.6. The summed E-state index contributed by atoms with van der Waals surface area (Å²) in [6, 6.07) is 11.8. The molecule has 2 amide bonds. The minimum absolute atomic E-state index is 0. The number of fused-ring (bicyclic) bond motifs is 1. The smallest absolute Gasteiger partial charge is 0.242 e. The molecule has 0 saturated heterocycles. The summed E-state index contributed by atoms with van der Waals surface area (Å²) in [5, 5.41) is 0. The summed E-state index contributed by atoms with van der Waals surface area (Å²) in [7, 11) is 1.72. The third kappa shape index (κ3) is 8.57. The highest BCUT2D eigenvalue weighted by Gasteiger charge is 2.45. The predicted octanol–water partition coefficient (Wildman–Crippen LogP) is 5.92. The first-order valence-corrected chi connectivity index (χ1v) is 13.6. The van der Waals surface area contributed by atoms with E-state index in [1.165, 1.54) is 16.7 Å². The van der Waals surface area contributed by atoms with Crippen LogP contribution >= 0.6 is 37.2 Å². The van der Waals surface area contributed by atoms with Crippen LogP contribution in [0.25, 0.3) is 0 Å². The van der Waals surface area contributed by atoms with Crippen LogP contribution in [-0.2, 0) is 22.6 Å². The SMILES string of the molecule is CCN1C(=O)C(C)(C)C(=O)N(C)c2cc(OCCCN(CCc3cccnc3)Cc3ccncc3C)ccc21.Cl.Cl.Cl. The van der Waals surface area contributed by atoms with Crippen molar-refractivity contribution in [2.45, 2.75) is 47.1 Å². The van der Waals surface area contributed by atoms with Gasteiger partial charge < -0.3 is 14.5 Å². The minimum Gasteiger partial charge on any atom is -0.493 e. The van der Waals surface area contributed by atoms with Crippen LogP contribution in [0.4, 0.5) is 11.4 Å². The van der Waals surface area contributed by atoms with Crippen molar-refractivity contribution in [3.63, 3.8) is 0 Å². The van der Waals surface area contributed by atoms with Crippen molar-refractivity contribution >= 4 is 60.4 Å². The molecule has 0 unspecified atom stereocenters. The lowest BCUT2D eigenvalue weighted by atomic mass is 9.90. The highest BCUT2D eigenvalue weighted by molar-refractivity contribution is 6.20. The zero-order valence-electron chi connectivity index (χ0n) is 24.9. The number of ether oxygens (including phenoxy) is 1. The Bertz CT molecular complexity index is 1310. The van der Waals surface area contributed by atoms with Crippen molar-refractivity contribution < 1.29 is 14.3 Å². The van der Waals surface area contributed by atoms with Crippen LogP contribution in [0.1, 0.15) is 43.9 Å². The fraction of sp³-hybridized carbons (Fsp3) is 0.419. The number of nitrogens with zero attached hydrogens (tertiary/aromatic N) is 5. The van der Waals surface area contributed by atoms with E-state index in [2.05, 4.69) is 33.9 Å². The lowest BCUT2D eigenvalue weighted by Crippen LogP contribution is -2.47. The van der Waals surface area contributed by atoms with Crippen LogP contribution in [0.3, 0.4) is 0 Å². The second kappa shape index (κ2) is 16.7. The van der Waals surface area contributed by atoms with Gasteiger partial charge >= 0.3 is 0 Å². The highest BCUT2D eigenvalue weighted by Crippen LogP contribution is 2.40. The normalized spacial score (nSPS) is 13.9. The Morgan fingerprint density at radius 3 is 2.33 bits per heavy atom. The Kier molecular flexibility index (Phi) is 14.7. The summed E-state index contributed by atoms with van der Waals surface area (Å²) in [6.07, 6.45) is 9.25. The summed E-state index contributed by atoms with van der Waals surface area (Å²) in [6.45, 7) is 11.1. The van der Waals surface area contributed by atoms with Crippen molar-refractivity contribution in [1.29, 1.82) is 0 Å². The van der Waals surface area contributed by atoms with Crippen molar-refractivity contribution in [3.05, 3.63) is 77.9 Å². The number of benzene rings is 1. The summed E-state index contributed by atoms with van der Waals surface area (Å²) >= 11 is 0. The van der Waals surface area contributed by atoms with Gasteiger partial charge in [0.15, 0.2) is 0 Å². The van der Waals surface area contributed by atoms with Crippen LogP contribution in [0.15, 0.2) is 61.2 Å². The van der Waals surface area contributed by atoms with Gasteiger partial charge in [-0.25, -0.2) is 0 Å². The number of carbonyl (C=O) groups excluding carboxylic acids is 2. The van der Waals surface area contributed by atoms with Crippen molar-refractivity contribution in [1.82, 2.24) is 14.9 Å². The fourth-order valence-corrected chi connectivity index (χ4v) is 4.97. The molecular formula is C31H42Cl3N5O3. The summed E-state index contributed by atoms with van der Waals surface area (Å²) in [5.41, 5.74) is 3.96. The second-order valence-corrected chi connectivity index (χ2v) is 10.6.